The Morgan fingerprint density at radius 3 is 0.118 bits per heavy atom. The Morgan fingerprint density at radius 2 is 0.118 bits per heavy atom. The molecule has 136 valence electrons. The van der Waals surface area contributed by atoms with Crippen molar-refractivity contribution in [3.63, 3.8) is 0 Å². The zero-order valence-electron chi connectivity index (χ0n) is 0.408. The standard InChI is InChI=1S/16CH4.BrH/h16*1H4;1H. The van der Waals surface area contributed by atoms with Gasteiger partial charge in [-0.2, -0.15) is 0 Å². The van der Waals surface area contributed by atoms with E-state index in [1.54, 1.807) is 0 Å². The van der Waals surface area contributed by atoms with Crippen LogP contribution in [0, 0.1) is 0 Å². The topological polar surface area (TPSA) is 0 Å². The van der Waals surface area contributed by atoms with Crippen molar-refractivity contribution in [3.8, 4) is 0 Å². The van der Waals surface area contributed by atoms with E-state index in [1.165, 1.54) is 0 Å². The lowest BCUT2D eigenvalue weighted by molar-refractivity contribution is 2.50. The number of hydrogen-bond acceptors (Lipinski definition) is 0. The molecule has 0 aromatic rings. The van der Waals surface area contributed by atoms with Gasteiger partial charge in [0.05, 0.1) is 0 Å². The van der Waals surface area contributed by atoms with Gasteiger partial charge in [0.2, 0.25) is 0 Å². The van der Waals surface area contributed by atoms with Gasteiger partial charge in [-0.25, -0.2) is 0 Å². The van der Waals surface area contributed by atoms with Crippen molar-refractivity contribution in [1.29, 1.82) is 0 Å². The minimum atomic E-state index is 0. The van der Waals surface area contributed by atoms with Crippen LogP contribution in [-0.4, -0.2) is 0 Å². The first-order valence-corrected chi connectivity index (χ1v) is 0. The van der Waals surface area contributed by atoms with Crippen LogP contribution in [0.5, 0.6) is 0 Å². The maximum atomic E-state index is 0. The van der Waals surface area contributed by atoms with E-state index in [2.05, 4.69) is 0 Å². The van der Waals surface area contributed by atoms with E-state index in [4.69, 9.17) is 0 Å². The first-order chi connectivity index (χ1) is 0. The molecular weight excluding hydrogens is 272 g/mol. The summed E-state index contributed by atoms with van der Waals surface area (Å²) in [7, 11) is 0. The van der Waals surface area contributed by atoms with Crippen LogP contribution in [0.3, 0.4) is 0 Å². The van der Waals surface area contributed by atoms with Crippen LogP contribution >= 0.6 is 17.0 Å². The molecule has 0 spiro atoms. The summed E-state index contributed by atoms with van der Waals surface area (Å²) in [6, 6.07) is 0. The molecule has 0 unspecified atom stereocenters. The maximum absolute atomic E-state index is 0. The summed E-state index contributed by atoms with van der Waals surface area (Å²) in [6.45, 7) is 0. The molecule has 0 nitrogen and oxygen atoms in total. The van der Waals surface area contributed by atoms with E-state index >= 15 is 0 Å². The van der Waals surface area contributed by atoms with E-state index in [0.717, 1.165) is 0 Å². The summed E-state index contributed by atoms with van der Waals surface area (Å²) >= 11 is 0. The van der Waals surface area contributed by atoms with Gasteiger partial charge < -0.3 is 0 Å². The van der Waals surface area contributed by atoms with Crippen LogP contribution in [0.1, 0.15) is 119 Å². The van der Waals surface area contributed by atoms with E-state index in [9.17, 15) is 0 Å². The van der Waals surface area contributed by atoms with Gasteiger partial charge in [0.15, 0.2) is 0 Å². The number of halogens is 1. The predicted molar refractivity (Wildman–Crippen MR) is 118 cm³/mol. The molecule has 0 amide bonds. The second-order valence-corrected chi connectivity index (χ2v) is 0. The first-order valence-electron chi connectivity index (χ1n) is 0. The van der Waals surface area contributed by atoms with Crippen LogP contribution in [0.2, 0.25) is 0 Å². The molecule has 17 heavy (non-hydrogen) atoms. The van der Waals surface area contributed by atoms with E-state index in [0.29, 0.717) is 0 Å². The molecule has 0 atom stereocenters. The van der Waals surface area contributed by atoms with Crippen molar-refractivity contribution >= 4 is 17.0 Å². The fourth-order valence-corrected chi connectivity index (χ4v) is 0. The SMILES string of the molecule is Br.C.C.C.C.C.C.C.C.C.C.C.C.C.C.C.C. The molecule has 0 N–H and O–H groups in total. The Balaban J connectivity index is 0. The fraction of sp³-hybridized carbons (Fsp3) is 1.00. The predicted octanol–water partition coefficient (Wildman–Crippen LogP) is 10.8. The van der Waals surface area contributed by atoms with Gasteiger partial charge >= 0.3 is 0 Å². The van der Waals surface area contributed by atoms with Crippen LogP contribution in [0.15, 0.2) is 0 Å². The Morgan fingerprint density at radius 1 is 0.118 bits per heavy atom. The number of hydrogen-bond donors (Lipinski definition) is 0. The molecule has 1 heteroatoms. The summed E-state index contributed by atoms with van der Waals surface area (Å²) in [5, 5.41) is 0. The van der Waals surface area contributed by atoms with Crippen LogP contribution < -0.4 is 0 Å². The summed E-state index contributed by atoms with van der Waals surface area (Å²) < 4.78 is 0. The van der Waals surface area contributed by atoms with Gasteiger partial charge in [0, 0.05) is 0 Å². The molecule has 0 aliphatic carbocycles. The largest absolute Gasteiger partial charge is 0.114 e. The average molecular weight is 338 g/mol. The third-order valence-corrected chi connectivity index (χ3v) is 0. The molecule has 0 radical (unpaired) electrons. The van der Waals surface area contributed by atoms with Gasteiger partial charge in [-0.05, 0) is 0 Å². The van der Waals surface area contributed by atoms with Gasteiger partial charge in [-0.3, -0.25) is 0 Å². The van der Waals surface area contributed by atoms with Crippen LogP contribution in [-0.2, 0) is 0 Å². The third kappa shape index (κ3) is 15000. The van der Waals surface area contributed by atoms with Crippen molar-refractivity contribution in [2.45, 2.75) is 119 Å². The summed E-state index contributed by atoms with van der Waals surface area (Å²) in [6.07, 6.45) is 0. The number of rotatable bonds is 0. The molecule has 0 aromatic carbocycles. The molecule has 0 rings (SSSR count). The Bertz CT molecular complexity index is 5.49. The van der Waals surface area contributed by atoms with Crippen LogP contribution in [0.25, 0.3) is 0 Å². The van der Waals surface area contributed by atoms with Gasteiger partial charge in [0.1, 0.15) is 0 Å². The molecule has 0 saturated carbocycles. The van der Waals surface area contributed by atoms with E-state index < -0.39 is 0 Å². The zero-order chi connectivity index (χ0) is 0. The van der Waals surface area contributed by atoms with E-state index in [-0.39, 0.29) is 136 Å². The normalized spacial score (nSPS) is 0. The lowest BCUT2D eigenvalue weighted by atomic mass is 12.0. The van der Waals surface area contributed by atoms with Gasteiger partial charge in [-0.1, -0.05) is 119 Å². The first kappa shape index (κ1) is 20600. The average Bonchev–Trinajstić information content (AvgIpc) is 0. The highest BCUT2D eigenvalue weighted by atomic mass is 79.9. The Kier molecular flexibility index (Phi) is 20800000. The quantitative estimate of drug-likeness (QED) is 0.412. The summed E-state index contributed by atoms with van der Waals surface area (Å²) in [5.74, 6) is 0. The second kappa shape index (κ2) is 17100. The smallest absolute Gasteiger partial charge is 0.0776 e. The Labute approximate surface area is 136 Å². The van der Waals surface area contributed by atoms with Gasteiger partial charge in [0.25, 0.3) is 0 Å². The molecule has 0 fully saturated rings. The summed E-state index contributed by atoms with van der Waals surface area (Å²) in [5.41, 5.74) is 0. The monoisotopic (exact) mass is 336 g/mol. The lowest BCUT2D eigenvalue weighted by Gasteiger charge is -0.114. The van der Waals surface area contributed by atoms with E-state index in [1.807, 2.05) is 0 Å². The highest BCUT2D eigenvalue weighted by molar-refractivity contribution is 8.93. The highest BCUT2D eigenvalue weighted by Gasteiger charge is -0.0622. The molecular formula is C16H65Br. The molecule has 0 aliphatic heterocycles. The van der Waals surface area contributed by atoms with Crippen molar-refractivity contribution in [2.75, 3.05) is 0 Å². The molecule has 0 bridgehead atoms. The highest BCUT2D eigenvalue weighted by Crippen LogP contribution is 0.846. The maximum Gasteiger partial charge on any atom is -0.0776 e. The fourth-order valence-electron chi connectivity index (χ4n) is 0. The van der Waals surface area contributed by atoms with Crippen molar-refractivity contribution in [1.82, 2.24) is 0 Å². The second-order valence-electron chi connectivity index (χ2n) is 0. The van der Waals surface area contributed by atoms with Crippen molar-refractivity contribution in [3.05, 3.63) is 0 Å². The van der Waals surface area contributed by atoms with Crippen molar-refractivity contribution < 1.29 is 0 Å². The Hall–Kier alpha value is 0.480. The third-order valence-electron chi connectivity index (χ3n) is 0. The minimum absolute atomic E-state index is 0. The molecule has 0 aliphatic rings. The molecule has 0 heterocycles. The minimum Gasteiger partial charge on any atom is -0.114 e. The van der Waals surface area contributed by atoms with Crippen LogP contribution in [0.4, 0.5) is 0 Å². The zero-order valence-corrected chi connectivity index (χ0v) is 2.12. The van der Waals surface area contributed by atoms with Crippen molar-refractivity contribution in [2.24, 2.45) is 0 Å². The molecule has 0 aromatic heterocycles. The summed E-state index contributed by atoms with van der Waals surface area (Å²) in [4.78, 5) is 0. The lowest BCUT2D eigenvalue weighted by Crippen LogP contribution is 0.143. The van der Waals surface area contributed by atoms with Gasteiger partial charge in [-0.15, -0.1) is 17.0 Å². The molecule has 0 saturated heterocycles.